The van der Waals surface area contributed by atoms with Gasteiger partial charge in [-0.2, -0.15) is 0 Å². The Bertz CT molecular complexity index is 179. The van der Waals surface area contributed by atoms with E-state index in [-0.39, 0.29) is 6.61 Å². The maximum absolute atomic E-state index is 8.89. The van der Waals surface area contributed by atoms with Crippen molar-refractivity contribution in [3.05, 3.63) is 11.6 Å². The summed E-state index contributed by atoms with van der Waals surface area (Å²) in [5.41, 5.74) is 1.77. The molecule has 0 aliphatic heterocycles. The molecule has 12 heavy (non-hydrogen) atoms. The summed E-state index contributed by atoms with van der Waals surface area (Å²) >= 11 is 0. The zero-order valence-electron chi connectivity index (χ0n) is 8.43. The quantitative estimate of drug-likeness (QED) is 0.597. The molecule has 1 N–H and O–H groups in total. The molecule has 1 unspecified atom stereocenters. The minimum absolute atomic E-state index is 0.198. The van der Waals surface area contributed by atoms with Crippen LogP contribution in [-0.2, 0) is 0 Å². The molecule has 1 atom stereocenters. The molecule has 1 saturated carbocycles. The van der Waals surface area contributed by atoms with Crippen molar-refractivity contribution in [3.8, 4) is 0 Å². The van der Waals surface area contributed by atoms with E-state index in [1.807, 2.05) is 6.08 Å². The molecule has 0 bridgehead atoms. The topological polar surface area (TPSA) is 20.2 Å². The maximum atomic E-state index is 8.89. The predicted molar refractivity (Wildman–Crippen MR) is 52.0 cm³/mol. The molecule has 70 valence electrons. The van der Waals surface area contributed by atoms with Crippen LogP contribution in [0.3, 0.4) is 0 Å². The Kier molecular flexibility index (Phi) is 2.94. The lowest BCUT2D eigenvalue weighted by atomic mass is 9.68. The highest BCUT2D eigenvalue weighted by Gasteiger charge is 2.30. The van der Waals surface area contributed by atoms with E-state index in [1.54, 1.807) is 0 Å². The largest absolute Gasteiger partial charge is 0.392 e. The molecule has 0 saturated heterocycles. The highest BCUT2D eigenvalue weighted by atomic mass is 16.2. The first-order valence-electron chi connectivity index (χ1n) is 4.89. The molecular weight excluding hydrogens is 148 g/mol. The lowest BCUT2D eigenvalue weighted by molar-refractivity contribution is 0.278. The molecule has 1 heteroatoms. The second-order valence-electron chi connectivity index (χ2n) is 4.52. The number of hydrogen-bond donors (Lipinski definition) is 1. The van der Waals surface area contributed by atoms with Gasteiger partial charge >= 0.3 is 0 Å². The van der Waals surface area contributed by atoms with Crippen molar-refractivity contribution in [3.63, 3.8) is 0 Å². The van der Waals surface area contributed by atoms with Crippen molar-refractivity contribution >= 4 is 0 Å². The van der Waals surface area contributed by atoms with Gasteiger partial charge in [0, 0.05) is 0 Å². The smallest absolute Gasteiger partial charge is 0.0615 e. The van der Waals surface area contributed by atoms with Gasteiger partial charge in [-0.3, -0.25) is 0 Å². The Hall–Kier alpha value is -0.300. The van der Waals surface area contributed by atoms with Crippen LogP contribution in [0.2, 0.25) is 0 Å². The van der Waals surface area contributed by atoms with Gasteiger partial charge in [0.15, 0.2) is 0 Å². The summed E-state index contributed by atoms with van der Waals surface area (Å²) in [4.78, 5) is 0. The van der Waals surface area contributed by atoms with E-state index in [1.165, 1.54) is 24.8 Å². The highest BCUT2D eigenvalue weighted by molar-refractivity contribution is 5.17. The van der Waals surface area contributed by atoms with Crippen LogP contribution in [0, 0.1) is 11.3 Å². The molecule has 0 amide bonds. The van der Waals surface area contributed by atoms with Gasteiger partial charge in [-0.1, -0.05) is 38.8 Å². The van der Waals surface area contributed by atoms with Crippen LogP contribution >= 0.6 is 0 Å². The third-order valence-corrected chi connectivity index (χ3v) is 3.06. The number of aliphatic hydroxyl groups is 1. The maximum Gasteiger partial charge on any atom is 0.0615 e. The molecule has 1 fully saturated rings. The van der Waals surface area contributed by atoms with E-state index in [0.717, 1.165) is 0 Å². The number of rotatable bonds is 1. The van der Waals surface area contributed by atoms with E-state index in [0.29, 0.717) is 11.3 Å². The molecule has 0 heterocycles. The first kappa shape index (κ1) is 9.79. The minimum Gasteiger partial charge on any atom is -0.392 e. The predicted octanol–water partition coefficient (Wildman–Crippen LogP) is 2.75. The standard InChI is InChI=1S/C11H20O/c1-9-5-4-7-11(2,3)10(9)6-8-12/h6,9,12H,4-5,7-8H2,1-3H3. The van der Waals surface area contributed by atoms with Crippen molar-refractivity contribution < 1.29 is 5.11 Å². The van der Waals surface area contributed by atoms with Gasteiger partial charge in [-0.25, -0.2) is 0 Å². The van der Waals surface area contributed by atoms with E-state index in [4.69, 9.17) is 5.11 Å². The Morgan fingerprint density at radius 3 is 2.75 bits per heavy atom. The Labute approximate surface area is 75.5 Å². The van der Waals surface area contributed by atoms with Crippen molar-refractivity contribution in [2.45, 2.75) is 40.0 Å². The van der Waals surface area contributed by atoms with Gasteiger partial charge in [0.1, 0.15) is 0 Å². The molecule has 1 aliphatic rings. The summed E-state index contributed by atoms with van der Waals surface area (Å²) in [7, 11) is 0. The van der Waals surface area contributed by atoms with Crippen molar-refractivity contribution in [2.24, 2.45) is 11.3 Å². The van der Waals surface area contributed by atoms with E-state index in [2.05, 4.69) is 20.8 Å². The summed E-state index contributed by atoms with van der Waals surface area (Å²) in [5, 5.41) is 8.89. The Morgan fingerprint density at radius 1 is 1.58 bits per heavy atom. The normalized spacial score (nSPS) is 32.3. The Morgan fingerprint density at radius 2 is 2.25 bits per heavy atom. The molecule has 0 radical (unpaired) electrons. The summed E-state index contributed by atoms with van der Waals surface area (Å²) in [6, 6.07) is 0. The van der Waals surface area contributed by atoms with Crippen LogP contribution in [0.4, 0.5) is 0 Å². The van der Waals surface area contributed by atoms with Gasteiger partial charge in [-0.15, -0.1) is 0 Å². The van der Waals surface area contributed by atoms with E-state index >= 15 is 0 Å². The van der Waals surface area contributed by atoms with Crippen molar-refractivity contribution in [1.29, 1.82) is 0 Å². The molecular formula is C11H20O. The SMILES string of the molecule is CC1CCCC(C)(C)C1=CCO. The van der Waals surface area contributed by atoms with Gasteiger partial charge < -0.3 is 5.11 Å². The van der Waals surface area contributed by atoms with E-state index < -0.39 is 0 Å². The minimum atomic E-state index is 0.198. The summed E-state index contributed by atoms with van der Waals surface area (Å²) in [5.74, 6) is 0.667. The monoisotopic (exact) mass is 168 g/mol. The average Bonchev–Trinajstić information content (AvgIpc) is 1.97. The van der Waals surface area contributed by atoms with Gasteiger partial charge in [0.05, 0.1) is 6.61 Å². The first-order valence-corrected chi connectivity index (χ1v) is 4.89. The zero-order chi connectivity index (χ0) is 9.19. The molecule has 0 spiro atoms. The van der Waals surface area contributed by atoms with Crippen LogP contribution < -0.4 is 0 Å². The fourth-order valence-corrected chi connectivity index (χ4v) is 2.39. The van der Waals surface area contributed by atoms with Gasteiger partial charge in [-0.05, 0) is 24.2 Å². The fraction of sp³-hybridized carbons (Fsp3) is 0.818. The average molecular weight is 168 g/mol. The lowest BCUT2D eigenvalue weighted by Gasteiger charge is -2.37. The van der Waals surface area contributed by atoms with Crippen LogP contribution in [-0.4, -0.2) is 11.7 Å². The highest BCUT2D eigenvalue weighted by Crippen LogP contribution is 2.42. The number of allylic oxidation sites excluding steroid dienone is 1. The Balaban J connectivity index is 2.81. The third-order valence-electron chi connectivity index (χ3n) is 3.06. The van der Waals surface area contributed by atoms with Gasteiger partial charge in [0.2, 0.25) is 0 Å². The number of hydrogen-bond acceptors (Lipinski definition) is 1. The third kappa shape index (κ3) is 1.89. The molecule has 1 rings (SSSR count). The van der Waals surface area contributed by atoms with E-state index in [9.17, 15) is 0 Å². The molecule has 0 aromatic heterocycles. The second kappa shape index (κ2) is 3.61. The van der Waals surface area contributed by atoms with Crippen LogP contribution in [0.1, 0.15) is 40.0 Å². The van der Waals surface area contributed by atoms with Crippen LogP contribution in [0.15, 0.2) is 11.6 Å². The summed E-state index contributed by atoms with van der Waals surface area (Å²) < 4.78 is 0. The van der Waals surface area contributed by atoms with Crippen LogP contribution in [0.25, 0.3) is 0 Å². The summed E-state index contributed by atoms with van der Waals surface area (Å²) in [6.45, 7) is 7.03. The molecule has 0 aromatic carbocycles. The second-order valence-corrected chi connectivity index (χ2v) is 4.52. The molecule has 0 aromatic rings. The van der Waals surface area contributed by atoms with Gasteiger partial charge in [0.25, 0.3) is 0 Å². The zero-order valence-corrected chi connectivity index (χ0v) is 8.43. The van der Waals surface area contributed by atoms with Crippen LogP contribution in [0.5, 0.6) is 0 Å². The summed E-state index contributed by atoms with van der Waals surface area (Å²) in [6.07, 6.45) is 5.89. The molecule has 1 nitrogen and oxygen atoms in total. The first-order chi connectivity index (χ1) is 5.58. The van der Waals surface area contributed by atoms with Crippen molar-refractivity contribution in [2.75, 3.05) is 6.61 Å². The fourth-order valence-electron chi connectivity index (χ4n) is 2.39. The van der Waals surface area contributed by atoms with Crippen molar-refractivity contribution in [1.82, 2.24) is 0 Å². The lowest BCUT2D eigenvalue weighted by Crippen LogP contribution is -2.25. The number of aliphatic hydroxyl groups excluding tert-OH is 1. The molecule has 1 aliphatic carbocycles.